The zero-order valence-corrected chi connectivity index (χ0v) is 30.3. The van der Waals surface area contributed by atoms with Gasteiger partial charge < -0.3 is 9.47 Å². The van der Waals surface area contributed by atoms with Crippen molar-refractivity contribution in [3.8, 4) is 5.75 Å². The van der Waals surface area contributed by atoms with Crippen LogP contribution in [0.1, 0.15) is 85.2 Å². The van der Waals surface area contributed by atoms with E-state index in [1.165, 1.54) is 45.2 Å². The Hall–Kier alpha value is -2.96. The monoisotopic (exact) mass is 723 g/mol. The van der Waals surface area contributed by atoms with Crippen molar-refractivity contribution in [1.82, 2.24) is 0 Å². The highest BCUT2D eigenvalue weighted by Crippen LogP contribution is 2.58. The molecule has 0 N–H and O–H groups in total. The molecule has 2 rings (SSSR count). The van der Waals surface area contributed by atoms with Gasteiger partial charge in [-0.25, -0.2) is 13.8 Å². The minimum absolute atomic E-state index is 0.269. The number of carbonyl (C=O) groups excluding carboxylic acids is 2. The summed E-state index contributed by atoms with van der Waals surface area (Å²) < 4.78 is 97.9. The number of anilines is 1. The Kier molecular flexibility index (Phi) is 13.5. The SMILES string of the molecule is COc1ccc(Cl)cc1CC(F)c1ccc(C(F)(F)F)cc1N(COC(=O)/C=C/C(C)(C)OP(=O)(OC(C)(C)C)OC(C)(C)C)C(C)=O. The number of phosphoric ester groups is 1. The average Bonchev–Trinajstić information content (AvgIpc) is 2.88. The van der Waals surface area contributed by atoms with Gasteiger partial charge in [0, 0.05) is 30.0 Å². The van der Waals surface area contributed by atoms with Gasteiger partial charge in [-0.15, -0.1) is 0 Å². The standard InChI is InChI=1S/C33H43ClF4NO8P/c1-21(40)39(20-44-29(41)15-16-32(8,9)47-48(42,45-30(2,3)4)46-31(5,6)7)27-19-23(33(36,37)38)11-13-25(27)26(35)18-22-17-24(34)12-14-28(22)43-10/h11-17,19,26H,18,20H2,1-10H3/b16-15+. The van der Waals surface area contributed by atoms with E-state index < -0.39 is 66.8 Å². The topological polar surface area (TPSA) is 101 Å². The average molecular weight is 724 g/mol. The predicted molar refractivity (Wildman–Crippen MR) is 175 cm³/mol. The molecule has 0 aliphatic heterocycles. The van der Waals surface area contributed by atoms with Crippen molar-refractivity contribution in [2.24, 2.45) is 0 Å². The molecule has 2 aromatic carbocycles. The maximum Gasteiger partial charge on any atom is 0.476 e. The van der Waals surface area contributed by atoms with E-state index in [1.54, 1.807) is 41.5 Å². The fraction of sp³-hybridized carbons (Fsp3) is 0.515. The van der Waals surface area contributed by atoms with E-state index in [0.29, 0.717) is 28.3 Å². The molecule has 0 radical (unpaired) electrons. The Labute approximate surface area is 284 Å². The molecule has 0 saturated carbocycles. The molecule has 0 bridgehead atoms. The van der Waals surface area contributed by atoms with Crippen LogP contribution in [0.3, 0.4) is 0 Å². The fourth-order valence-corrected chi connectivity index (χ4v) is 6.53. The summed E-state index contributed by atoms with van der Waals surface area (Å²) in [5, 5.41) is 0.288. The second-order valence-corrected chi connectivity index (χ2v) is 15.2. The van der Waals surface area contributed by atoms with Crippen molar-refractivity contribution >= 4 is 37.0 Å². The van der Waals surface area contributed by atoms with Gasteiger partial charge in [0.05, 0.1) is 35.2 Å². The molecule has 0 spiro atoms. The minimum Gasteiger partial charge on any atom is -0.496 e. The third kappa shape index (κ3) is 13.2. The van der Waals surface area contributed by atoms with Gasteiger partial charge in [-0.05, 0) is 97.4 Å². The molecule has 0 aliphatic rings. The molecule has 1 amide bonds. The molecule has 1 atom stereocenters. The van der Waals surface area contributed by atoms with E-state index in [2.05, 4.69) is 0 Å². The lowest BCUT2D eigenvalue weighted by molar-refractivity contribution is -0.139. The van der Waals surface area contributed by atoms with Crippen molar-refractivity contribution in [3.05, 3.63) is 70.3 Å². The second kappa shape index (κ2) is 15.7. The second-order valence-electron chi connectivity index (χ2n) is 13.3. The van der Waals surface area contributed by atoms with Gasteiger partial charge in [0.1, 0.15) is 11.9 Å². The van der Waals surface area contributed by atoms with E-state index in [9.17, 15) is 27.3 Å². The number of carbonyl (C=O) groups is 2. The van der Waals surface area contributed by atoms with E-state index in [0.717, 1.165) is 19.1 Å². The summed E-state index contributed by atoms with van der Waals surface area (Å²) in [7, 11) is -2.82. The van der Waals surface area contributed by atoms with Crippen LogP contribution in [0.25, 0.3) is 0 Å². The number of esters is 1. The van der Waals surface area contributed by atoms with Crippen LogP contribution in [0.15, 0.2) is 48.6 Å². The van der Waals surface area contributed by atoms with Gasteiger partial charge in [0.25, 0.3) is 0 Å². The number of rotatable bonds is 13. The number of amides is 1. The molecular weight excluding hydrogens is 681 g/mol. The number of ether oxygens (including phenoxy) is 2. The highest BCUT2D eigenvalue weighted by Gasteiger charge is 2.41. The summed E-state index contributed by atoms with van der Waals surface area (Å²) >= 11 is 6.06. The molecule has 2 aromatic rings. The van der Waals surface area contributed by atoms with Crippen LogP contribution in [0.4, 0.5) is 23.2 Å². The number of nitrogens with zero attached hydrogens (tertiary/aromatic N) is 1. The normalized spacial score (nSPS) is 13.8. The fourth-order valence-electron chi connectivity index (χ4n) is 4.25. The third-order valence-corrected chi connectivity index (χ3v) is 8.55. The maximum absolute atomic E-state index is 15.9. The molecule has 268 valence electrons. The summed E-state index contributed by atoms with van der Waals surface area (Å²) in [6, 6.07) is 6.75. The smallest absolute Gasteiger partial charge is 0.476 e. The molecule has 0 fully saturated rings. The Balaban J connectivity index is 2.37. The van der Waals surface area contributed by atoms with Crippen LogP contribution < -0.4 is 9.64 Å². The molecule has 48 heavy (non-hydrogen) atoms. The van der Waals surface area contributed by atoms with Crippen LogP contribution >= 0.6 is 19.4 Å². The molecule has 0 heterocycles. The molecule has 0 aromatic heterocycles. The summed E-state index contributed by atoms with van der Waals surface area (Å²) in [6.45, 7) is 13.1. The van der Waals surface area contributed by atoms with Gasteiger partial charge in [0.2, 0.25) is 5.91 Å². The lowest BCUT2D eigenvalue weighted by Gasteiger charge is -2.34. The number of hydrogen-bond donors (Lipinski definition) is 0. The maximum atomic E-state index is 15.9. The number of benzene rings is 2. The van der Waals surface area contributed by atoms with E-state index >= 15 is 4.39 Å². The number of methoxy groups -OCH3 is 1. The van der Waals surface area contributed by atoms with Crippen molar-refractivity contribution in [2.75, 3.05) is 18.7 Å². The highest BCUT2D eigenvalue weighted by molar-refractivity contribution is 7.48. The van der Waals surface area contributed by atoms with Gasteiger partial charge in [-0.3, -0.25) is 23.3 Å². The summed E-state index contributed by atoms with van der Waals surface area (Å²) in [6.07, 6.45) is -4.97. The van der Waals surface area contributed by atoms with Gasteiger partial charge in [-0.1, -0.05) is 17.7 Å². The number of alkyl halides is 4. The van der Waals surface area contributed by atoms with Crippen molar-refractivity contribution in [2.45, 2.75) is 97.9 Å². The summed E-state index contributed by atoms with van der Waals surface area (Å²) in [4.78, 5) is 26.2. The zero-order chi connectivity index (χ0) is 36.9. The van der Waals surface area contributed by atoms with Gasteiger partial charge in [-0.2, -0.15) is 13.2 Å². The molecule has 0 saturated heterocycles. The minimum atomic E-state index is -4.82. The zero-order valence-electron chi connectivity index (χ0n) is 28.7. The van der Waals surface area contributed by atoms with Crippen LogP contribution in [-0.4, -0.2) is 42.5 Å². The Morgan fingerprint density at radius 3 is 2.02 bits per heavy atom. The highest BCUT2D eigenvalue weighted by atomic mass is 35.5. The first-order valence-corrected chi connectivity index (χ1v) is 16.6. The first-order chi connectivity index (χ1) is 21.7. The Morgan fingerprint density at radius 2 is 1.52 bits per heavy atom. The summed E-state index contributed by atoms with van der Waals surface area (Å²) in [5.74, 6) is -1.56. The molecular formula is C33H43ClF4NO8P. The van der Waals surface area contributed by atoms with Crippen LogP contribution in [0.2, 0.25) is 5.02 Å². The molecule has 9 nitrogen and oxygen atoms in total. The van der Waals surface area contributed by atoms with Crippen molar-refractivity contribution in [3.63, 3.8) is 0 Å². The first-order valence-electron chi connectivity index (χ1n) is 14.8. The molecule has 0 aliphatic carbocycles. The number of halogens is 5. The van der Waals surface area contributed by atoms with Crippen molar-refractivity contribution in [1.29, 1.82) is 0 Å². The molecule has 15 heteroatoms. The van der Waals surface area contributed by atoms with Gasteiger partial charge >= 0.3 is 20.0 Å². The lowest BCUT2D eigenvalue weighted by atomic mass is 9.98. The lowest BCUT2D eigenvalue weighted by Crippen LogP contribution is -2.33. The number of phosphoric acid groups is 1. The summed E-state index contributed by atoms with van der Waals surface area (Å²) in [5.41, 5.74) is -4.79. The quantitative estimate of drug-likeness (QED) is 0.0663. The van der Waals surface area contributed by atoms with Crippen LogP contribution in [-0.2, 0) is 45.1 Å². The largest absolute Gasteiger partial charge is 0.496 e. The van der Waals surface area contributed by atoms with Gasteiger partial charge in [0.15, 0.2) is 6.73 Å². The molecule has 1 unspecified atom stereocenters. The van der Waals surface area contributed by atoms with E-state index in [4.69, 9.17) is 34.6 Å². The van der Waals surface area contributed by atoms with Crippen LogP contribution in [0, 0.1) is 0 Å². The Bertz CT molecular complexity index is 1510. The van der Waals surface area contributed by atoms with Crippen LogP contribution in [0.5, 0.6) is 5.75 Å². The third-order valence-electron chi connectivity index (χ3n) is 6.08. The van der Waals surface area contributed by atoms with Crippen molar-refractivity contribution < 1.29 is 54.8 Å². The first kappa shape index (κ1) is 41.2. The van der Waals surface area contributed by atoms with E-state index in [1.807, 2.05) is 0 Å². The number of hydrogen-bond acceptors (Lipinski definition) is 8. The Morgan fingerprint density at radius 1 is 0.938 bits per heavy atom. The van der Waals surface area contributed by atoms with E-state index in [-0.39, 0.29) is 17.0 Å². The predicted octanol–water partition coefficient (Wildman–Crippen LogP) is 9.56.